The lowest BCUT2D eigenvalue weighted by Crippen LogP contribution is -2.44. The molecule has 3 N–H and O–H groups in total. The number of hydrogen-bond donors (Lipinski definition) is 2. The monoisotopic (exact) mass is 255 g/mol. The summed E-state index contributed by atoms with van der Waals surface area (Å²) < 4.78 is 0. The average Bonchev–Trinajstić information content (AvgIpc) is 2.40. The highest BCUT2D eigenvalue weighted by molar-refractivity contribution is 4.91. The third-order valence-corrected chi connectivity index (χ3v) is 4.99. The van der Waals surface area contributed by atoms with Crippen molar-refractivity contribution in [2.45, 2.75) is 84.2 Å². The minimum atomic E-state index is -0.170. The average molecular weight is 255 g/mol. The van der Waals surface area contributed by atoms with Crippen LogP contribution in [-0.2, 0) is 0 Å². The maximum absolute atomic E-state index is 10.5. The Balaban J connectivity index is 2.43. The van der Waals surface area contributed by atoms with E-state index >= 15 is 0 Å². The summed E-state index contributed by atoms with van der Waals surface area (Å²) in [4.78, 5) is 0. The van der Waals surface area contributed by atoms with E-state index in [9.17, 15) is 5.11 Å². The van der Waals surface area contributed by atoms with Gasteiger partial charge in [0.1, 0.15) is 0 Å². The van der Waals surface area contributed by atoms with E-state index in [1.165, 1.54) is 38.5 Å². The quantitative estimate of drug-likeness (QED) is 0.647. The van der Waals surface area contributed by atoms with E-state index < -0.39 is 0 Å². The van der Waals surface area contributed by atoms with Gasteiger partial charge in [-0.05, 0) is 38.0 Å². The number of nitrogens with two attached hydrogens (primary N) is 1. The molecule has 0 aromatic carbocycles. The van der Waals surface area contributed by atoms with E-state index in [1.807, 2.05) is 0 Å². The van der Waals surface area contributed by atoms with Crippen molar-refractivity contribution in [3.8, 4) is 0 Å². The third-order valence-electron chi connectivity index (χ3n) is 4.99. The summed E-state index contributed by atoms with van der Waals surface area (Å²) in [5, 5.41) is 10.5. The minimum absolute atomic E-state index is 0.0397. The van der Waals surface area contributed by atoms with Crippen LogP contribution in [0.15, 0.2) is 0 Å². The molecule has 0 aromatic rings. The fraction of sp³-hybridized carbons (Fsp3) is 1.00. The molecule has 0 amide bonds. The summed E-state index contributed by atoms with van der Waals surface area (Å²) in [6, 6.07) is 0. The van der Waals surface area contributed by atoms with Gasteiger partial charge in [0.2, 0.25) is 0 Å². The summed E-state index contributed by atoms with van der Waals surface area (Å²) in [7, 11) is 0. The molecule has 1 saturated carbocycles. The van der Waals surface area contributed by atoms with Gasteiger partial charge in [-0.3, -0.25) is 0 Å². The maximum Gasteiger partial charge on any atom is 0.0608 e. The van der Waals surface area contributed by atoms with Crippen LogP contribution in [0.2, 0.25) is 0 Å². The molecule has 0 saturated heterocycles. The fourth-order valence-corrected chi connectivity index (χ4v) is 3.52. The molecule has 0 heterocycles. The highest BCUT2D eigenvalue weighted by atomic mass is 16.3. The first-order chi connectivity index (χ1) is 8.68. The number of aliphatic hydroxyl groups excluding tert-OH is 1. The predicted molar refractivity (Wildman–Crippen MR) is 78.5 cm³/mol. The normalized spacial score (nSPS) is 30.3. The van der Waals surface area contributed by atoms with Crippen LogP contribution in [-0.4, -0.2) is 17.8 Å². The largest absolute Gasteiger partial charge is 0.393 e. The van der Waals surface area contributed by atoms with Crippen LogP contribution in [0, 0.1) is 11.3 Å². The van der Waals surface area contributed by atoms with Gasteiger partial charge in [0.05, 0.1) is 6.10 Å². The first kappa shape index (κ1) is 16.0. The van der Waals surface area contributed by atoms with Crippen molar-refractivity contribution >= 4 is 0 Å². The molecule has 1 atom stereocenters. The van der Waals surface area contributed by atoms with Crippen LogP contribution in [0.25, 0.3) is 0 Å². The number of unbranched alkanes of at least 4 members (excludes halogenated alkanes) is 2. The van der Waals surface area contributed by atoms with Gasteiger partial charge in [-0.1, -0.05) is 46.0 Å². The summed E-state index contributed by atoms with van der Waals surface area (Å²) in [6.45, 7) is 5.14. The molecule has 0 radical (unpaired) electrons. The maximum atomic E-state index is 10.5. The Labute approximate surface area is 113 Å². The highest BCUT2D eigenvalue weighted by Gasteiger charge is 2.39. The van der Waals surface area contributed by atoms with Gasteiger partial charge in [-0.25, -0.2) is 0 Å². The molecular formula is C16H33NO. The molecule has 2 heteroatoms. The Morgan fingerprint density at radius 3 is 2.33 bits per heavy atom. The van der Waals surface area contributed by atoms with E-state index in [1.54, 1.807) is 0 Å². The molecule has 18 heavy (non-hydrogen) atoms. The van der Waals surface area contributed by atoms with Crippen LogP contribution in [0.5, 0.6) is 0 Å². The lowest BCUT2D eigenvalue weighted by Gasteiger charge is -2.43. The second kappa shape index (κ2) is 8.16. The van der Waals surface area contributed by atoms with Gasteiger partial charge in [0.15, 0.2) is 0 Å². The fourth-order valence-electron chi connectivity index (χ4n) is 3.52. The number of hydrogen-bond acceptors (Lipinski definition) is 2. The third kappa shape index (κ3) is 4.24. The van der Waals surface area contributed by atoms with Gasteiger partial charge >= 0.3 is 0 Å². The van der Waals surface area contributed by atoms with Crippen molar-refractivity contribution in [1.82, 2.24) is 0 Å². The van der Waals surface area contributed by atoms with E-state index in [2.05, 4.69) is 13.8 Å². The molecule has 0 bridgehead atoms. The van der Waals surface area contributed by atoms with Gasteiger partial charge in [0.25, 0.3) is 0 Å². The van der Waals surface area contributed by atoms with Crippen LogP contribution < -0.4 is 5.73 Å². The molecule has 1 fully saturated rings. The van der Waals surface area contributed by atoms with Gasteiger partial charge < -0.3 is 10.8 Å². The van der Waals surface area contributed by atoms with E-state index in [4.69, 9.17) is 5.73 Å². The molecule has 0 aliphatic heterocycles. The smallest absolute Gasteiger partial charge is 0.0608 e. The topological polar surface area (TPSA) is 46.2 Å². The molecule has 0 aromatic heterocycles. The summed E-state index contributed by atoms with van der Waals surface area (Å²) in [5.41, 5.74) is 6.04. The van der Waals surface area contributed by atoms with E-state index in [0.717, 1.165) is 31.6 Å². The van der Waals surface area contributed by atoms with Crippen LogP contribution in [0.1, 0.15) is 78.1 Å². The molecule has 1 unspecified atom stereocenters. The highest BCUT2D eigenvalue weighted by Crippen LogP contribution is 2.43. The SMILES string of the molecule is CCCCCC(O)C1(CN)CCC(CCC)CC1. The van der Waals surface area contributed by atoms with Crippen LogP contribution >= 0.6 is 0 Å². The number of rotatable bonds is 8. The zero-order valence-electron chi connectivity index (χ0n) is 12.5. The van der Waals surface area contributed by atoms with Crippen molar-refractivity contribution in [3.05, 3.63) is 0 Å². The van der Waals surface area contributed by atoms with Crippen molar-refractivity contribution in [2.75, 3.05) is 6.54 Å². The Morgan fingerprint density at radius 2 is 1.83 bits per heavy atom. The Morgan fingerprint density at radius 1 is 1.17 bits per heavy atom. The first-order valence-corrected chi connectivity index (χ1v) is 8.06. The first-order valence-electron chi connectivity index (χ1n) is 8.06. The molecule has 1 aliphatic carbocycles. The van der Waals surface area contributed by atoms with Crippen LogP contribution in [0.4, 0.5) is 0 Å². The minimum Gasteiger partial charge on any atom is -0.393 e. The molecule has 1 rings (SSSR count). The van der Waals surface area contributed by atoms with Crippen molar-refractivity contribution < 1.29 is 5.11 Å². The molecular weight excluding hydrogens is 222 g/mol. The van der Waals surface area contributed by atoms with Gasteiger partial charge in [-0.2, -0.15) is 0 Å². The second-order valence-electron chi connectivity index (χ2n) is 6.31. The molecule has 108 valence electrons. The van der Waals surface area contributed by atoms with Gasteiger partial charge in [0, 0.05) is 12.0 Å². The van der Waals surface area contributed by atoms with E-state index in [-0.39, 0.29) is 11.5 Å². The lowest BCUT2D eigenvalue weighted by atomic mass is 9.65. The lowest BCUT2D eigenvalue weighted by molar-refractivity contribution is -0.0150. The summed E-state index contributed by atoms with van der Waals surface area (Å²) >= 11 is 0. The molecule has 2 nitrogen and oxygen atoms in total. The standard InChI is InChI=1S/C16H33NO/c1-3-5-6-8-15(18)16(13-17)11-9-14(7-4-2)10-12-16/h14-15,18H,3-13,17H2,1-2H3. The number of aliphatic hydroxyl groups is 1. The van der Waals surface area contributed by atoms with Crippen molar-refractivity contribution in [1.29, 1.82) is 0 Å². The Bertz CT molecular complexity index is 209. The summed E-state index contributed by atoms with van der Waals surface area (Å²) in [6.07, 6.45) is 11.9. The zero-order chi connectivity index (χ0) is 13.4. The van der Waals surface area contributed by atoms with Crippen LogP contribution in [0.3, 0.4) is 0 Å². The summed E-state index contributed by atoms with van der Waals surface area (Å²) in [5.74, 6) is 0.887. The van der Waals surface area contributed by atoms with Crippen molar-refractivity contribution in [3.63, 3.8) is 0 Å². The zero-order valence-corrected chi connectivity index (χ0v) is 12.5. The second-order valence-corrected chi connectivity index (χ2v) is 6.31. The molecule has 1 aliphatic rings. The Hall–Kier alpha value is -0.0800. The Kier molecular flexibility index (Phi) is 7.25. The predicted octanol–water partition coefficient (Wildman–Crippen LogP) is 3.86. The van der Waals surface area contributed by atoms with Crippen molar-refractivity contribution in [2.24, 2.45) is 17.1 Å². The molecule has 0 spiro atoms. The van der Waals surface area contributed by atoms with Gasteiger partial charge in [-0.15, -0.1) is 0 Å². The van der Waals surface area contributed by atoms with E-state index in [0.29, 0.717) is 6.54 Å².